The summed E-state index contributed by atoms with van der Waals surface area (Å²) in [5.74, 6) is 1.68. The lowest BCUT2D eigenvalue weighted by atomic mass is 9.61. The Labute approximate surface area is 169 Å². The van der Waals surface area contributed by atoms with Crippen molar-refractivity contribution < 1.29 is 5.11 Å². The summed E-state index contributed by atoms with van der Waals surface area (Å²) in [5, 5.41) is 12.7. The van der Waals surface area contributed by atoms with E-state index in [4.69, 9.17) is 17.3 Å². The minimum atomic E-state index is -0.608. The van der Waals surface area contributed by atoms with E-state index in [0.717, 1.165) is 56.3 Å². The van der Waals surface area contributed by atoms with E-state index in [-0.39, 0.29) is 5.92 Å². The summed E-state index contributed by atoms with van der Waals surface area (Å²) >= 11 is 6.33. The van der Waals surface area contributed by atoms with Crippen LogP contribution in [-0.4, -0.2) is 41.3 Å². The molecule has 2 aliphatic carbocycles. The molecule has 0 bridgehead atoms. The van der Waals surface area contributed by atoms with Crippen molar-refractivity contribution in [1.29, 1.82) is 0 Å². The maximum Gasteiger partial charge on any atom is 0.0731 e. The standard InChI is InChI=1S/C23H35ClN2O/c24-20-7-3-6-18(14-20)22(16-26-12-9-21(25)10-13-26)23(27)11-8-17-4-1-2-5-19(17)15-23/h3,6-7,14,17,19,21-22,27H,1-2,4-5,8-13,15-16,25H2. The van der Waals surface area contributed by atoms with Gasteiger partial charge in [-0.05, 0) is 74.7 Å². The third kappa shape index (κ3) is 4.53. The Balaban J connectivity index is 1.56. The van der Waals surface area contributed by atoms with Crippen LogP contribution in [-0.2, 0) is 0 Å². The number of nitrogens with two attached hydrogens (primary N) is 1. The zero-order valence-corrected chi connectivity index (χ0v) is 17.2. The average Bonchev–Trinajstić information content (AvgIpc) is 2.67. The summed E-state index contributed by atoms with van der Waals surface area (Å²) in [6.07, 6.45) is 10.6. The zero-order valence-electron chi connectivity index (χ0n) is 16.5. The third-order valence-electron chi connectivity index (χ3n) is 7.60. The summed E-state index contributed by atoms with van der Waals surface area (Å²) in [6, 6.07) is 8.55. The fourth-order valence-corrected chi connectivity index (χ4v) is 6.14. The highest BCUT2D eigenvalue weighted by Gasteiger charge is 2.46. The molecule has 4 unspecified atom stereocenters. The number of aliphatic hydroxyl groups is 1. The van der Waals surface area contributed by atoms with Gasteiger partial charge >= 0.3 is 0 Å². The molecule has 2 saturated carbocycles. The Kier molecular flexibility index (Phi) is 6.13. The highest BCUT2D eigenvalue weighted by atomic mass is 35.5. The predicted molar refractivity (Wildman–Crippen MR) is 112 cm³/mol. The van der Waals surface area contributed by atoms with Crippen molar-refractivity contribution in [3.05, 3.63) is 34.9 Å². The van der Waals surface area contributed by atoms with Gasteiger partial charge in [0.05, 0.1) is 5.60 Å². The second-order valence-corrected chi connectivity index (χ2v) is 9.83. The van der Waals surface area contributed by atoms with Crippen molar-refractivity contribution in [2.75, 3.05) is 19.6 Å². The lowest BCUT2D eigenvalue weighted by Gasteiger charge is -2.49. The fraction of sp³-hybridized carbons (Fsp3) is 0.739. The molecule has 1 saturated heterocycles. The van der Waals surface area contributed by atoms with E-state index >= 15 is 0 Å². The van der Waals surface area contributed by atoms with E-state index < -0.39 is 5.60 Å². The van der Waals surface area contributed by atoms with Gasteiger partial charge in [-0.15, -0.1) is 0 Å². The van der Waals surface area contributed by atoms with Crippen LogP contribution >= 0.6 is 11.6 Å². The van der Waals surface area contributed by atoms with Crippen LogP contribution in [0, 0.1) is 11.8 Å². The molecule has 4 atom stereocenters. The monoisotopic (exact) mass is 390 g/mol. The highest BCUT2D eigenvalue weighted by Crippen LogP contribution is 2.49. The third-order valence-corrected chi connectivity index (χ3v) is 7.84. The van der Waals surface area contributed by atoms with Crippen LogP contribution in [0.3, 0.4) is 0 Å². The number of hydrogen-bond donors (Lipinski definition) is 2. The molecule has 3 N–H and O–H groups in total. The van der Waals surface area contributed by atoms with Crippen molar-refractivity contribution >= 4 is 11.6 Å². The Morgan fingerprint density at radius 3 is 2.59 bits per heavy atom. The van der Waals surface area contributed by atoms with Gasteiger partial charge in [0, 0.05) is 23.5 Å². The molecule has 1 aromatic carbocycles. The molecule has 150 valence electrons. The molecule has 3 nitrogen and oxygen atoms in total. The first kappa shape index (κ1) is 19.7. The summed E-state index contributed by atoms with van der Waals surface area (Å²) in [7, 11) is 0. The van der Waals surface area contributed by atoms with E-state index in [1.54, 1.807) is 0 Å². The summed E-state index contributed by atoms with van der Waals surface area (Å²) in [4.78, 5) is 2.51. The summed E-state index contributed by atoms with van der Waals surface area (Å²) in [5.41, 5.74) is 6.70. The van der Waals surface area contributed by atoms with Crippen LogP contribution in [0.25, 0.3) is 0 Å². The highest BCUT2D eigenvalue weighted by molar-refractivity contribution is 6.30. The molecular formula is C23H35ClN2O. The van der Waals surface area contributed by atoms with Gasteiger partial charge < -0.3 is 15.7 Å². The molecule has 4 rings (SSSR count). The first-order valence-corrected chi connectivity index (χ1v) is 11.4. The first-order valence-electron chi connectivity index (χ1n) is 11.0. The van der Waals surface area contributed by atoms with Crippen LogP contribution in [0.15, 0.2) is 24.3 Å². The van der Waals surface area contributed by atoms with Gasteiger partial charge in [-0.1, -0.05) is 49.4 Å². The SMILES string of the molecule is NC1CCN(CC(c2cccc(Cl)c2)C2(O)CCC3CCCCC3C2)CC1. The molecule has 0 radical (unpaired) electrons. The van der Waals surface area contributed by atoms with Crippen LogP contribution in [0.1, 0.15) is 69.3 Å². The van der Waals surface area contributed by atoms with Crippen LogP contribution < -0.4 is 5.73 Å². The van der Waals surface area contributed by atoms with Gasteiger partial charge in [0.2, 0.25) is 0 Å². The van der Waals surface area contributed by atoms with Gasteiger partial charge in [0.15, 0.2) is 0 Å². The zero-order chi connectivity index (χ0) is 18.9. The molecule has 0 spiro atoms. The maximum absolute atomic E-state index is 11.9. The summed E-state index contributed by atoms with van der Waals surface area (Å²) < 4.78 is 0. The van der Waals surface area contributed by atoms with Crippen LogP contribution in [0.5, 0.6) is 0 Å². The van der Waals surface area contributed by atoms with Gasteiger partial charge in [0.1, 0.15) is 0 Å². The number of benzene rings is 1. The van der Waals surface area contributed by atoms with E-state index in [2.05, 4.69) is 17.0 Å². The number of nitrogens with zero attached hydrogens (tertiary/aromatic N) is 1. The Morgan fingerprint density at radius 1 is 1.11 bits per heavy atom. The molecule has 27 heavy (non-hydrogen) atoms. The van der Waals surface area contributed by atoms with Crippen molar-refractivity contribution in [3.63, 3.8) is 0 Å². The molecule has 0 aromatic heterocycles. The second-order valence-electron chi connectivity index (χ2n) is 9.40. The van der Waals surface area contributed by atoms with Crippen molar-refractivity contribution in [3.8, 4) is 0 Å². The minimum absolute atomic E-state index is 0.133. The van der Waals surface area contributed by atoms with Crippen molar-refractivity contribution in [2.24, 2.45) is 17.6 Å². The maximum atomic E-state index is 11.9. The van der Waals surface area contributed by atoms with E-state index in [1.807, 2.05) is 12.1 Å². The quantitative estimate of drug-likeness (QED) is 0.791. The molecule has 0 amide bonds. The predicted octanol–water partition coefficient (Wildman–Crippen LogP) is 4.57. The number of piperidine rings is 1. The first-order chi connectivity index (χ1) is 13.0. The molecule has 1 heterocycles. The normalized spacial score (nSPS) is 34.2. The number of likely N-dealkylation sites (tertiary alicyclic amines) is 1. The van der Waals surface area contributed by atoms with Gasteiger partial charge in [0.25, 0.3) is 0 Å². The molecule has 1 aliphatic heterocycles. The lowest BCUT2D eigenvalue weighted by Crippen LogP contribution is -2.50. The molecule has 1 aromatic rings. The smallest absolute Gasteiger partial charge is 0.0731 e. The van der Waals surface area contributed by atoms with Crippen LogP contribution in [0.2, 0.25) is 5.02 Å². The molecular weight excluding hydrogens is 356 g/mol. The number of halogens is 1. The Hall–Kier alpha value is -0.610. The van der Waals surface area contributed by atoms with Crippen molar-refractivity contribution in [2.45, 2.75) is 75.3 Å². The minimum Gasteiger partial charge on any atom is -0.389 e. The number of rotatable bonds is 4. The number of fused-ring (bicyclic) bond motifs is 1. The van der Waals surface area contributed by atoms with Crippen LogP contribution in [0.4, 0.5) is 0 Å². The van der Waals surface area contributed by atoms with E-state index in [9.17, 15) is 5.11 Å². The molecule has 4 heteroatoms. The number of hydrogen-bond acceptors (Lipinski definition) is 3. The second kappa shape index (κ2) is 8.41. The molecule has 3 aliphatic rings. The largest absolute Gasteiger partial charge is 0.389 e. The van der Waals surface area contributed by atoms with E-state index in [1.165, 1.54) is 37.7 Å². The van der Waals surface area contributed by atoms with Gasteiger partial charge in [-0.25, -0.2) is 0 Å². The van der Waals surface area contributed by atoms with E-state index in [0.29, 0.717) is 12.0 Å². The Bertz CT molecular complexity index is 631. The average molecular weight is 391 g/mol. The Morgan fingerprint density at radius 2 is 1.85 bits per heavy atom. The lowest BCUT2D eigenvalue weighted by molar-refractivity contribution is -0.0715. The molecule has 3 fully saturated rings. The summed E-state index contributed by atoms with van der Waals surface area (Å²) in [6.45, 7) is 3.00. The fourth-order valence-electron chi connectivity index (χ4n) is 5.94. The van der Waals surface area contributed by atoms with Gasteiger partial charge in [-0.2, -0.15) is 0 Å². The van der Waals surface area contributed by atoms with Gasteiger partial charge in [-0.3, -0.25) is 0 Å². The topological polar surface area (TPSA) is 49.5 Å². The van der Waals surface area contributed by atoms with Crippen molar-refractivity contribution in [1.82, 2.24) is 4.90 Å².